The van der Waals surface area contributed by atoms with Crippen LogP contribution in [0, 0.1) is 0 Å². The second kappa shape index (κ2) is 8.47. The van der Waals surface area contributed by atoms with Crippen molar-refractivity contribution in [3.05, 3.63) is 48.4 Å². The molecule has 122 valence electrons. The predicted molar refractivity (Wildman–Crippen MR) is 83.1 cm³/mol. The van der Waals surface area contributed by atoms with Crippen molar-refractivity contribution in [3.63, 3.8) is 0 Å². The molecule has 2 aromatic rings. The highest BCUT2D eigenvalue weighted by molar-refractivity contribution is 5.84. The van der Waals surface area contributed by atoms with E-state index in [0.29, 0.717) is 23.7 Å². The summed E-state index contributed by atoms with van der Waals surface area (Å²) in [5, 5.41) is 5.23. The van der Waals surface area contributed by atoms with Crippen LogP contribution in [0.3, 0.4) is 0 Å². The van der Waals surface area contributed by atoms with Crippen molar-refractivity contribution in [1.82, 2.24) is 5.32 Å². The first-order valence-corrected chi connectivity index (χ1v) is 7.13. The summed E-state index contributed by atoms with van der Waals surface area (Å²) in [6, 6.07) is 10.2. The third kappa shape index (κ3) is 5.74. The van der Waals surface area contributed by atoms with Crippen LogP contribution in [-0.4, -0.2) is 25.2 Å². The van der Waals surface area contributed by atoms with Crippen LogP contribution in [0.2, 0.25) is 0 Å². The Bertz CT molecular complexity index is 640. The lowest BCUT2D eigenvalue weighted by Crippen LogP contribution is -2.28. The maximum absolute atomic E-state index is 11.7. The lowest BCUT2D eigenvalue weighted by Gasteiger charge is -2.09. The van der Waals surface area contributed by atoms with Gasteiger partial charge in [0.05, 0.1) is 19.4 Å². The molecule has 2 amide bonds. The molecule has 0 aliphatic rings. The Hall–Kier alpha value is -2.96. The van der Waals surface area contributed by atoms with Gasteiger partial charge in [0.15, 0.2) is 6.61 Å². The summed E-state index contributed by atoms with van der Waals surface area (Å²) in [6.07, 6.45) is 1.00. The van der Waals surface area contributed by atoms with Crippen molar-refractivity contribution >= 4 is 17.7 Å². The van der Waals surface area contributed by atoms with Gasteiger partial charge in [0, 0.05) is 11.8 Å². The van der Waals surface area contributed by atoms with Crippen LogP contribution >= 0.6 is 0 Å². The number of ether oxygens (including phenoxy) is 2. The van der Waals surface area contributed by atoms with Gasteiger partial charge in [0.1, 0.15) is 11.5 Å². The first kappa shape index (κ1) is 16.4. The van der Waals surface area contributed by atoms with Gasteiger partial charge in [-0.25, -0.2) is 4.79 Å². The van der Waals surface area contributed by atoms with Gasteiger partial charge in [0.25, 0.3) is 5.91 Å². The molecule has 7 nitrogen and oxygen atoms in total. The van der Waals surface area contributed by atoms with Crippen LogP contribution in [-0.2, 0) is 16.1 Å². The molecule has 1 heterocycles. The Balaban J connectivity index is 1.78. The molecule has 7 heteroatoms. The molecule has 0 saturated carbocycles. The molecule has 0 fully saturated rings. The van der Waals surface area contributed by atoms with E-state index in [1.807, 2.05) is 0 Å². The minimum atomic E-state index is -0.541. The topological polar surface area (TPSA) is 89.8 Å². The summed E-state index contributed by atoms with van der Waals surface area (Å²) >= 11 is 0. The van der Waals surface area contributed by atoms with E-state index in [4.69, 9.17) is 13.9 Å². The first-order chi connectivity index (χ1) is 11.2. The Kier molecular flexibility index (Phi) is 6.05. The van der Waals surface area contributed by atoms with E-state index in [2.05, 4.69) is 10.6 Å². The number of hydrogen-bond donors (Lipinski definition) is 2. The van der Waals surface area contributed by atoms with Gasteiger partial charge in [-0.15, -0.1) is 0 Å². The molecule has 0 saturated heterocycles. The number of anilines is 1. The molecule has 23 heavy (non-hydrogen) atoms. The lowest BCUT2D eigenvalue weighted by molar-refractivity contribution is -0.123. The van der Waals surface area contributed by atoms with Crippen LogP contribution in [0.15, 0.2) is 47.1 Å². The number of nitrogens with one attached hydrogen (secondary N) is 2. The van der Waals surface area contributed by atoms with Gasteiger partial charge in [-0.1, -0.05) is 6.07 Å². The number of furan rings is 1. The molecule has 1 aromatic carbocycles. The maximum Gasteiger partial charge on any atom is 0.411 e. The zero-order chi connectivity index (χ0) is 16.5. The highest BCUT2D eigenvalue weighted by Crippen LogP contribution is 2.17. The second-order valence-electron chi connectivity index (χ2n) is 4.52. The van der Waals surface area contributed by atoms with Crippen molar-refractivity contribution < 1.29 is 23.5 Å². The molecule has 2 rings (SSSR count). The molecule has 0 aliphatic heterocycles. The number of carbonyl (C=O) groups excluding carboxylic acids is 2. The third-order valence-electron chi connectivity index (χ3n) is 2.77. The summed E-state index contributed by atoms with van der Waals surface area (Å²) in [5.74, 6) is 0.858. The van der Waals surface area contributed by atoms with Crippen LogP contribution < -0.4 is 15.4 Å². The molecular weight excluding hydrogens is 300 g/mol. The molecule has 0 aliphatic carbocycles. The van der Waals surface area contributed by atoms with Crippen molar-refractivity contribution in [1.29, 1.82) is 0 Å². The second-order valence-corrected chi connectivity index (χ2v) is 4.52. The Morgan fingerprint density at radius 2 is 2.09 bits per heavy atom. The number of benzene rings is 1. The van der Waals surface area contributed by atoms with Crippen LogP contribution in [0.25, 0.3) is 0 Å². The normalized spacial score (nSPS) is 9.96. The standard InChI is InChI=1S/C16H18N2O5/c1-2-21-16(20)18-12-5-3-6-13(9-12)23-11-15(19)17-10-14-7-4-8-22-14/h3-9H,2,10-11H2,1H3,(H,17,19)(H,18,20). The van der Waals surface area contributed by atoms with E-state index >= 15 is 0 Å². The van der Waals surface area contributed by atoms with Crippen molar-refractivity contribution in [3.8, 4) is 5.75 Å². The van der Waals surface area contributed by atoms with Crippen molar-refractivity contribution in [2.45, 2.75) is 13.5 Å². The fourth-order valence-corrected chi connectivity index (χ4v) is 1.75. The highest BCUT2D eigenvalue weighted by Gasteiger charge is 2.06. The van der Waals surface area contributed by atoms with Crippen LogP contribution in [0.5, 0.6) is 5.75 Å². The van der Waals surface area contributed by atoms with E-state index in [9.17, 15) is 9.59 Å². The Labute approximate surface area is 133 Å². The number of hydrogen-bond acceptors (Lipinski definition) is 5. The van der Waals surface area contributed by atoms with Crippen molar-refractivity contribution in [2.24, 2.45) is 0 Å². The minimum absolute atomic E-state index is 0.135. The van der Waals surface area contributed by atoms with E-state index in [1.165, 1.54) is 0 Å². The zero-order valence-corrected chi connectivity index (χ0v) is 12.7. The van der Waals surface area contributed by atoms with Crippen LogP contribution in [0.4, 0.5) is 10.5 Å². The summed E-state index contributed by atoms with van der Waals surface area (Å²) in [5.41, 5.74) is 0.525. The molecule has 0 unspecified atom stereocenters. The van der Waals surface area contributed by atoms with E-state index in [-0.39, 0.29) is 19.1 Å². The largest absolute Gasteiger partial charge is 0.484 e. The molecule has 0 atom stereocenters. The lowest BCUT2D eigenvalue weighted by atomic mass is 10.3. The number of amides is 2. The Morgan fingerprint density at radius 3 is 2.83 bits per heavy atom. The quantitative estimate of drug-likeness (QED) is 0.819. The summed E-state index contributed by atoms with van der Waals surface area (Å²) < 4.78 is 15.3. The molecule has 0 spiro atoms. The molecule has 0 radical (unpaired) electrons. The fourth-order valence-electron chi connectivity index (χ4n) is 1.75. The Morgan fingerprint density at radius 1 is 1.22 bits per heavy atom. The number of rotatable bonds is 7. The maximum atomic E-state index is 11.7. The average molecular weight is 318 g/mol. The van der Waals surface area contributed by atoms with Gasteiger partial charge in [-0.3, -0.25) is 10.1 Å². The van der Waals surface area contributed by atoms with Gasteiger partial charge in [-0.2, -0.15) is 0 Å². The van der Waals surface area contributed by atoms with Gasteiger partial charge in [0.2, 0.25) is 0 Å². The van der Waals surface area contributed by atoms with E-state index in [1.54, 1.807) is 49.6 Å². The summed E-state index contributed by atoms with van der Waals surface area (Å²) in [7, 11) is 0. The fraction of sp³-hybridized carbons (Fsp3) is 0.250. The average Bonchev–Trinajstić information content (AvgIpc) is 3.05. The van der Waals surface area contributed by atoms with Gasteiger partial charge < -0.3 is 19.2 Å². The molecular formula is C16H18N2O5. The summed E-state index contributed by atoms with van der Waals surface area (Å²) in [4.78, 5) is 23.0. The van der Waals surface area contributed by atoms with E-state index < -0.39 is 6.09 Å². The molecule has 1 aromatic heterocycles. The molecule has 2 N–H and O–H groups in total. The van der Waals surface area contributed by atoms with Crippen molar-refractivity contribution in [2.75, 3.05) is 18.5 Å². The van der Waals surface area contributed by atoms with Crippen LogP contribution in [0.1, 0.15) is 12.7 Å². The predicted octanol–water partition coefficient (Wildman–Crippen LogP) is 2.54. The van der Waals surface area contributed by atoms with Gasteiger partial charge in [-0.05, 0) is 31.2 Å². The smallest absolute Gasteiger partial charge is 0.411 e. The third-order valence-corrected chi connectivity index (χ3v) is 2.77. The number of carbonyl (C=O) groups is 2. The SMILES string of the molecule is CCOC(=O)Nc1cccc(OCC(=O)NCc2ccco2)c1. The molecule has 0 bridgehead atoms. The zero-order valence-electron chi connectivity index (χ0n) is 12.7. The highest BCUT2D eigenvalue weighted by atomic mass is 16.5. The monoisotopic (exact) mass is 318 g/mol. The summed E-state index contributed by atoms with van der Waals surface area (Å²) in [6.45, 7) is 2.18. The minimum Gasteiger partial charge on any atom is -0.484 e. The first-order valence-electron chi connectivity index (χ1n) is 7.13. The van der Waals surface area contributed by atoms with E-state index in [0.717, 1.165) is 0 Å². The van der Waals surface area contributed by atoms with Gasteiger partial charge >= 0.3 is 6.09 Å².